The minimum Gasteiger partial charge on any atom is -0.462 e. The average Bonchev–Trinajstić information content (AvgIpc) is 3.49. The summed E-state index contributed by atoms with van der Waals surface area (Å²) >= 11 is 0. The maximum Gasteiger partial charge on any atom is 0.306 e. The quantitative estimate of drug-likeness (QED) is 0.0261. The Balaban J connectivity index is 4.40. The molecule has 0 aliphatic carbocycles. The van der Waals surface area contributed by atoms with Crippen LogP contribution in [0.4, 0.5) is 0 Å². The van der Waals surface area contributed by atoms with Crippen LogP contribution in [0.3, 0.4) is 0 Å². The molecule has 0 heterocycles. The van der Waals surface area contributed by atoms with Gasteiger partial charge in [0.15, 0.2) is 6.10 Å². The molecule has 0 rings (SSSR count). The Labute approximate surface area is 513 Å². The standard InChI is InChI=1S/C77H128O6/c1-4-7-10-13-16-19-22-25-28-31-33-34-35-36-37-38-39-40-41-42-44-46-49-52-55-58-61-64-67-70-76(79)82-73-74(72-81-75(78)69-66-63-60-57-54-51-48-45-30-27-24-21-18-15-12-9-6-3)83-77(80)71-68-65-62-59-56-53-50-47-43-32-29-26-23-20-17-14-11-8-5-2/h7,10,16-21,25-30,33-34,36-37,39-40,42,44,74H,4-6,8-9,11-15,22-24,31-32,35,38,41,43,45-73H2,1-3H3/b10-7-,19-16-,20-17-,21-18-,28-25-,29-26-,30-27-,34-33-,37-36-,40-39-,44-42-. The van der Waals surface area contributed by atoms with Crippen LogP contribution in [0.25, 0.3) is 0 Å². The van der Waals surface area contributed by atoms with E-state index in [0.29, 0.717) is 19.3 Å². The van der Waals surface area contributed by atoms with Crippen molar-refractivity contribution >= 4 is 17.9 Å². The molecule has 0 bridgehead atoms. The largest absolute Gasteiger partial charge is 0.462 e. The Morgan fingerprint density at radius 2 is 0.470 bits per heavy atom. The molecule has 0 aliphatic rings. The summed E-state index contributed by atoms with van der Waals surface area (Å²) < 4.78 is 17.0. The number of esters is 3. The topological polar surface area (TPSA) is 78.9 Å². The van der Waals surface area contributed by atoms with Gasteiger partial charge in [-0.05, 0) is 141 Å². The lowest BCUT2D eigenvalue weighted by Crippen LogP contribution is -2.30. The van der Waals surface area contributed by atoms with E-state index in [-0.39, 0.29) is 31.1 Å². The Morgan fingerprint density at radius 1 is 0.253 bits per heavy atom. The van der Waals surface area contributed by atoms with Crippen LogP contribution in [0.5, 0.6) is 0 Å². The molecule has 0 spiro atoms. The summed E-state index contributed by atoms with van der Waals surface area (Å²) in [7, 11) is 0. The molecule has 83 heavy (non-hydrogen) atoms. The molecule has 1 unspecified atom stereocenters. The highest BCUT2D eigenvalue weighted by Crippen LogP contribution is 2.16. The number of rotatable bonds is 62. The Hall–Kier alpha value is -4.45. The van der Waals surface area contributed by atoms with Gasteiger partial charge < -0.3 is 14.2 Å². The van der Waals surface area contributed by atoms with Crippen molar-refractivity contribution in [3.63, 3.8) is 0 Å². The fourth-order valence-corrected chi connectivity index (χ4v) is 9.43. The van der Waals surface area contributed by atoms with Crippen LogP contribution < -0.4 is 0 Å². The van der Waals surface area contributed by atoms with E-state index >= 15 is 0 Å². The first-order valence-corrected chi connectivity index (χ1v) is 34.7. The van der Waals surface area contributed by atoms with Gasteiger partial charge in [-0.2, -0.15) is 0 Å². The van der Waals surface area contributed by atoms with Gasteiger partial charge in [0.25, 0.3) is 0 Å². The van der Waals surface area contributed by atoms with Gasteiger partial charge in [0, 0.05) is 19.3 Å². The zero-order valence-corrected chi connectivity index (χ0v) is 54.2. The summed E-state index contributed by atoms with van der Waals surface area (Å²) in [6.45, 7) is 6.48. The molecular formula is C77H128O6. The maximum atomic E-state index is 13.0. The van der Waals surface area contributed by atoms with E-state index in [1.165, 1.54) is 148 Å². The highest BCUT2D eigenvalue weighted by Gasteiger charge is 2.19. The van der Waals surface area contributed by atoms with Crippen LogP contribution in [-0.2, 0) is 28.6 Å². The molecule has 6 nitrogen and oxygen atoms in total. The molecule has 0 aromatic heterocycles. The van der Waals surface area contributed by atoms with Crippen LogP contribution in [0, 0.1) is 0 Å². The van der Waals surface area contributed by atoms with E-state index in [1.807, 2.05) is 0 Å². The van der Waals surface area contributed by atoms with Gasteiger partial charge in [0.2, 0.25) is 0 Å². The molecule has 0 fully saturated rings. The monoisotopic (exact) mass is 1150 g/mol. The van der Waals surface area contributed by atoms with Gasteiger partial charge >= 0.3 is 17.9 Å². The van der Waals surface area contributed by atoms with Crippen molar-refractivity contribution in [2.75, 3.05) is 13.2 Å². The predicted octanol–water partition coefficient (Wildman–Crippen LogP) is 24.1. The van der Waals surface area contributed by atoms with Crippen molar-refractivity contribution in [2.45, 2.75) is 322 Å². The molecule has 0 radical (unpaired) electrons. The Bertz CT molecular complexity index is 1750. The molecule has 472 valence electrons. The Kier molecular flexibility index (Phi) is 66.3. The molecule has 0 N–H and O–H groups in total. The van der Waals surface area contributed by atoms with Crippen molar-refractivity contribution in [3.05, 3.63) is 134 Å². The molecule has 0 aromatic rings. The summed E-state index contributed by atoms with van der Waals surface area (Å²) in [6, 6.07) is 0. The first kappa shape index (κ1) is 78.5. The van der Waals surface area contributed by atoms with Crippen molar-refractivity contribution in [3.8, 4) is 0 Å². The zero-order valence-electron chi connectivity index (χ0n) is 54.2. The summed E-state index contributed by atoms with van der Waals surface area (Å²) in [4.78, 5) is 38.5. The number of carbonyl (C=O) groups is 3. The summed E-state index contributed by atoms with van der Waals surface area (Å²) in [5.74, 6) is -0.905. The summed E-state index contributed by atoms with van der Waals surface area (Å²) in [6.07, 6.45) is 98.8. The summed E-state index contributed by atoms with van der Waals surface area (Å²) in [5.41, 5.74) is 0. The van der Waals surface area contributed by atoms with E-state index in [9.17, 15) is 14.4 Å². The SMILES string of the molecule is CC/C=C\C/C=C\C/C=C\C/C=C\C/C=C\C/C=C\C/C=C\CCCCCCCCCC(=O)OCC(COC(=O)CCCCCCCCC/C=C\C/C=C\CCCCC)OC(=O)CCCCCCCCCCC/C=C\C/C=C\CCCCC. The van der Waals surface area contributed by atoms with Crippen LogP contribution in [-0.4, -0.2) is 37.2 Å². The second kappa shape index (κ2) is 70.0. The molecule has 0 aromatic carbocycles. The Morgan fingerprint density at radius 3 is 0.735 bits per heavy atom. The molecular weight excluding hydrogens is 1020 g/mol. The number of carbonyl (C=O) groups excluding carboxylic acids is 3. The average molecular weight is 1150 g/mol. The normalized spacial score (nSPS) is 13.0. The van der Waals surface area contributed by atoms with Gasteiger partial charge in [-0.25, -0.2) is 0 Å². The van der Waals surface area contributed by atoms with Gasteiger partial charge in [0.05, 0.1) is 0 Å². The van der Waals surface area contributed by atoms with E-state index in [4.69, 9.17) is 14.2 Å². The predicted molar refractivity (Wildman–Crippen MR) is 362 cm³/mol. The highest BCUT2D eigenvalue weighted by atomic mass is 16.6. The van der Waals surface area contributed by atoms with Crippen molar-refractivity contribution in [2.24, 2.45) is 0 Å². The van der Waals surface area contributed by atoms with E-state index in [0.717, 1.165) is 128 Å². The van der Waals surface area contributed by atoms with Crippen molar-refractivity contribution < 1.29 is 28.6 Å². The van der Waals surface area contributed by atoms with Crippen molar-refractivity contribution in [1.82, 2.24) is 0 Å². The number of allylic oxidation sites excluding steroid dienone is 22. The summed E-state index contributed by atoms with van der Waals surface area (Å²) in [5, 5.41) is 0. The third kappa shape index (κ3) is 68.2. The second-order valence-corrected chi connectivity index (χ2v) is 22.7. The number of hydrogen-bond acceptors (Lipinski definition) is 6. The first-order valence-electron chi connectivity index (χ1n) is 34.7. The van der Waals surface area contributed by atoms with Crippen LogP contribution >= 0.6 is 0 Å². The van der Waals surface area contributed by atoms with E-state index < -0.39 is 6.10 Å². The molecule has 1 atom stereocenters. The molecule has 6 heteroatoms. The second-order valence-electron chi connectivity index (χ2n) is 22.7. The van der Waals surface area contributed by atoms with Crippen LogP contribution in [0.2, 0.25) is 0 Å². The van der Waals surface area contributed by atoms with Crippen LogP contribution in [0.15, 0.2) is 134 Å². The van der Waals surface area contributed by atoms with Gasteiger partial charge in [-0.15, -0.1) is 0 Å². The number of unbranched alkanes of at least 4 members (excludes halogenated alkanes) is 29. The molecule has 0 saturated heterocycles. The lowest BCUT2D eigenvalue weighted by atomic mass is 10.1. The van der Waals surface area contributed by atoms with Gasteiger partial charge in [-0.1, -0.05) is 289 Å². The lowest BCUT2D eigenvalue weighted by molar-refractivity contribution is -0.167. The lowest BCUT2D eigenvalue weighted by Gasteiger charge is -2.18. The first-order chi connectivity index (χ1) is 41.0. The van der Waals surface area contributed by atoms with Gasteiger partial charge in [0.1, 0.15) is 13.2 Å². The third-order valence-electron chi connectivity index (χ3n) is 14.6. The van der Waals surface area contributed by atoms with E-state index in [2.05, 4.69) is 154 Å². The number of ether oxygens (including phenoxy) is 3. The zero-order chi connectivity index (χ0) is 59.9. The smallest absolute Gasteiger partial charge is 0.306 e. The highest BCUT2D eigenvalue weighted by molar-refractivity contribution is 5.71. The van der Waals surface area contributed by atoms with Gasteiger partial charge in [-0.3, -0.25) is 14.4 Å². The van der Waals surface area contributed by atoms with Crippen LogP contribution in [0.1, 0.15) is 316 Å². The number of hydrogen-bond donors (Lipinski definition) is 0. The fourth-order valence-electron chi connectivity index (χ4n) is 9.43. The maximum absolute atomic E-state index is 13.0. The van der Waals surface area contributed by atoms with E-state index in [1.54, 1.807) is 0 Å². The molecule has 0 amide bonds. The fraction of sp³-hybridized carbons (Fsp3) is 0.675. The minimum atomic E-state index is -0.795. The molecule has 0 aliphatic heterocycles. The third-order valence-corrected chi connectivity index (χ3v) is 14.6. The molecule has 0 saturated carbocycles. The minimum absolute atomic E-state index is 0.0896. The van der Waals surface area contributed by atoms with Crippen molar-refractivity contribution in [1.29, 1.82) is 0 Å².